The van der Waals surface area contributed by atoms with Crippen LogP contribution >= 0.6 is 0 Å². The van der Waals surface area contributed by atoms with Gasteiger partial charge < -0.3 is 9.73 Å². The molecule has 0 bridgehead atoms. The van der Waals surface area contributed by atoms with Gasteiger partial charge in [0.2, 0.25) is 5.09 Å². The Morgan fingerprint density at radius 1 is 1.29 bits per heavy atom. The molecule has 0 atom stereocenters. The number of hydrogen-bond acceptors (Lipinski definition) is 4. The van der Waals surface area contributed by atoms with Crippen LogP contribution in [0.5, 0.6) is 0 Å². The quantitative estimate of drug-likeness (QED) is 0.778. The Bertz CT molecular complexity index is 435. The van der Waals surface area contributed by atoms with Crippen LogP contribution in [-0.2, 0) is 16.6 Å². The van der Waals surface area contributed by atoms with Crippen LogP contribution in [0.1, 0.15) is 32.4 Å². The standard InChI is InChI=1S/C11H20N2O3S/c1-4-9(5-2)13-17(14,15)11-7-6-10(16-11)8-12-3/h6-7,9,12-13H,4-5,8H2,1-3H3. The molecule has 1 aromatic heterocycles. The number of nitrogens with one attached hydrogen (secondary N) is 2. The van der Waals surface area contributed by atoms with Gasteiger partial charge in [-0.1, -0.05) is 13.8 Å². The van der Waals surface area contributed by atoms with Crippen molar-refractivity contribution in [1.82, 2.24) is 10.0 Å². The van der Waals surface area contributed by atoms with E-state index in [-0.39, 0.29) is 11.1 Å². The first-order valence-electron chi connectivity index (χ1n) is 5.79. The van der Waals surface area contributed by atoms with E-state index < -0.39 is 10.0 Å². The zero-order valence-electron chi connectivity index (χ0n) is 10.5. The summed E-state index contributed by atoms with van der Waals surface area (Å²) in [6.07, 6.45) is 1.53. The van der Waals surface area contributed by atoms with Crippen molar-refractivity contribution in [2.75, 3.05) is 7.05 Å². The molecule has 1 aromatic rings. The minimum atomic E-state index is -3.53. The second kappa shape index (κ2) is 6.18. The fourth-order valence-electron chi connectivity index (χ4n) is 1.50. The largest absolute Gasteiger partial charge is 0.447 e. The first kappa shape index (κ1) is 14.2. The van der Waals surface area contributed by atoms with Crippen molar-refractivity contribution in [3.63, 3.8) is 0 Å². The molecule has 0 fully saturated rings. The molecule has 0 amide bonds. The predicted octanol–water partition coefficient (Wildman–Crippen LogP) is 1.47. The lowest BCUT2D eigenvalue weighted by molar-refractivity contribution is 0.401. The molecule has 0 radical (unpaired) electrons. The topological polar surface area (TPSA) is 71.3 Å². The highest BCUT2D eigenvalue weighted by Crippen LogP contribution is 2.15. The molecule has 1 rings (SSSR count). The van der Waals surface area contributed by atoms with Gasteiger partial charge in [0.25, 0.3) is 10.0 Å². The van der Waals surface area contributed by atoms with Crippen molar-refractivity contribution in [2.45, 2.75) is 44.4 Å². The Balaban J connectivity index is 2.81. The number of furan rings is 1. The van der Waals surface area contributed by atoms with Gasteiger partial charge in [-0.05, 0) is 32.0 Å². The molecule has 98 valence electrons. The van der Waals surface area contributed by atoms with E-state index in [4.69, 9.17) is 4.42 Å². The van der Waals surface area contributed by atoms with Crippen LogP contribution in [0.3, 0.4) is 0 Å². The van der Waals surface area contributed by atoms with E-state index in [0.717, 1.165) is 12.8 Å². The van der Waals surface area contributed by atoms with Crippen LogP contribution in [0.4, 0.5) is 0 Å². The molecule has 6 heteroatoms. The van der Waals surface area contributed by atoms with Gasteiger partial charge in [-0.2, -0.15) is 0 Å². The summed E-state index contributed by atoms with van der Waals surface area (Å²) in [7, 11) is -1.75. The third-order valence-electron chi connectivity index (χ3n) is 2.56. The second-order valence-corrected chi connectivity index (χ2v) is 5.53. The van der Waals surface area contributed by atoms with E-state index in [9.17, 15) is 8.42 Å². The van der Waals surface area contributed by atoms with Crippen molar-refractivity contribution >= 4 is 10.0 Å². The van der Waals surface area contributed by atoms with E-state index in [1.54, 1.807) is 13.1 Å². The Kier molecular flexibility index (Phi) is 5.17. The van der Waals surface area contributed by atoms with Crippen LogP contribution in [0.2, 0.25) is 0 Å². The molecule has 0 aliphatic carbocycles. The summed E-state index contributed by atoms with van der Waals surface area (Å²) in [5, 5.41) is 2.88. The van der Waals surface area contributed by atoms with E-state index >= 15 is 0 Å². The Morgan fingerprint density at radius 3 is 2.47 bits per heavy atom. The van der Waals surface area contributed by atoms with Gasteiger partial charge in [-0.15, -0.1) is 0 Å². The maximum absolute atomic E-state index is 12.0. The zero-order valence-corrected chi connectivity index (χ0v) is 11.3. The minimum absolute atomic E-state index is 0.0188. The summed E-state index contributed by atoms with van der Waals surface area (Å²) >= 11 is 0. The molecule has 2 N–H and O–H groups in total. The molecule has 0 saturated carbocycles. The summed E-state index contributed by atoms with van der Waals surface area (Å²) in [6.45, 7) is 4.41. The molecule has 0 aliphatic heterocycles. The number of hydrogen-bond donors (Lipinski definition) is 2. The highest BCUT2D eigenvalue weighted by Gasteiger charge is 2.21. The van der Waals surface area contributed by atoms with Gasteiger partial charge in [0.15, 0.2) is 0 Å². The van der Waals surface area contributed by atoms with Crippen LogP contribution in [0.25, 0.3) is 0 Å². The summed E-state index contributed by atoms with van der Waals surface area (Å²) in [5.41, 5.74) is 0. The SMILES string of the molecule is CCC(CC)NS(=O)(=O)c1ccc(CNC)o1. The fraction of sp³-hybridized carbons (Fsp3) is 0.636. The van der Waals surface area contributed by atoms with Gasteiger partial charge in [0, 0.05) is 6.04 Å². The Morgan fingerprint density at radius 2 is 1.94 bits per heavy atom. The van der Waals surface area contributed by atoms with E-state index in [1.165, 1.54) is 6.07 Å². The lowest BCUT2D eigenvalue weighted by Gasteiger charge is -2.13. The molecule has 0 aliphatic rings. The second-order valence-electron chi connectivity index (χ2n) is 3.89. The average Bonchev–Trinajstić information content (AvgIpc) is 2.76. The molecule has 0 saturated heterocycles. The fourth-order valence-corrected chi connectivity index (χ4v) is 2.86. The third-order valence-corrected chi connectivity index (χ3v) is 3.95. The normalized spacial score (nSPS) is 12.2. The first-order valence-corrected chi connectivity index (χ1v) is 7.27. The van der Waals surface area contributed by atoms with E-state index in [1.807, 2.05) is 13.8 Å². The predicted molar refractivity (Wildman–Crippen MR) is 66.2 cm³/mol. The van der Waals surface area contributed by atoms with Gasteiger partial charge in [-0.3, -0.25) is 0 Å². The van der Waals surface area contributed by atoms with Crippen molar-refractivity contribution in [3.05, 3.63) is 17.9 Å². The number of rotatable bonds is 7. The molecular formula is C11H20N2O3S. The molecule has 17 heavy (non-hydrogen) atoms. The van der Waals surface area contributed by atoms with Gasteiger partial charge in [0.1, 0.15) is 5.76 Å². The smallest absolute Gasteiger partial charge is 0.274 e. The van der Waals surface area contributed by atoms with Crippen molar-refractivity contribution in [1.29, 1.82) is 0 Å². The van der Waals surface area contributed by atoms with Crippen LogP contribution in [0.15, 0.2) is 21.6 Å². The average molecular weight is 260 g/mol. The van der Waals surface area contributed by atoms with Crippen LogP contribution in [0, 0.1) is 0 Å². The van der Waals surface area contributed by atoms with E-state index in [2.05, 4.69) is 10.0 Å². The summed E-state index contributed by atoms with van der Waals surface area (Å²) in [5.74, 6) is 0.609. The molecular weight excluding hydrogens is 240 g/mol. The number of sulfonamides is 1. The minimum Gasteiger partial charge on any atom is -0.447 e. The van der Waals surface area contributed by atoms with Crippen LogP contribution < -0.4 is 10.0 Å². The highest BCUT2D eigenvalue weighted by molar-refractivity contribution is 7.89. The lowest BCUT2D eigenvalue weighted by Crippen LogP contribution is -2.33. The highest BCUT2D eigenvalue weighted by atomic mass is 32.2. The lowest BCUT2D eigenvalue weighted by atomic mass is 10.2. The Labute approximate surface area is 103 Å². The summed E-state index contributed by atoms with van der Waals surface area (Å²) < 4.78 is 31.8. The first-order chi connectivity index (χ1) is 8.03. The summed E-state index contributed by atoms with van der Waals surface area (Å²) in [6, 6.07) is 3.10. The van der Waals surface area contributed by atoms with Crippen molar-refractivity contribution < 1.29 is 12.8 Å². The molecule has 0 unspecified atom stereocenters. The summed E-state index contributed by atoms with van der Waals surface area (Å²) in [4.78, 5) is 0. The van der Waals surface area contributed by atoms with Gasteiger partial charge >= 0.3 is 0 Å². The maximum Gasteiger partial charge on any atom is 0.274 e. The molecule has 0 spiro atoms. The van der Waals surface area contributed by atoms with Crippen LogP contribution in [-0.4, -0.2) is 21.5 Å². The molecule has 1 heterocycles. The van der Waals surface area contributed by atoms with Crippen molar-refractivity contribution in [3.8, 4) is 0 Å². The monoisotopic (exact) mass is 260 g/mol. The van der Waals surface area contributed by atoms with Gasteiger partial charge in [-0.25, -0.2) is 13.1 Å². The third kappa shape index (κ3) is 3.83. The molecule has 5 nitrogen and oxygen atoms in total. The van der Waals surface area contributed by atoms with E-state index in [0.29, 0.717) is 12.3 Å². The maximum atomic E-state index is 12.0. The van der Waals surface area contributed by atoms with Crippen molar-refractivity contribution in [2.24, 2.45) is 0 Å². The Hall–Kier alpha value is -0.850. The van der Waals surface area contributed by atoms with Gasteiger partial charge in [0.05, 0.1) is 6.54 Å². The zero-order chi connectivity index (χ0) is 12.9. The molecule has 0 aromatic carbocycles.